The Morgan fingerprint density at radius 2 is 2.07 bits per heavy atom. The lowest BCUT2D eigenvalue weighted by molar-refractivity contribution is 0.208. The van der Waals surface area contributed by atoms with Crippen molar-refractivity contribution in [1.29, 1.82) is 5.26 Å². The maximum atomic E-state index is 8.81. The summed E-state index contributed by atoms with van der Waals surface area (Å²) in [5.74, 6) is 0.876. The number of hydrogen-bond donors (Lipinski definition) is 0. The minimum absolute atomic E-state index is 0.359. The second-order valence-corrected chi connectivity index (χ2v) is 4.12. The molecule has 2 rings (SSSR count). The molecule has 0 amide bonds. The summed E-state index contributed by atoms with van der Waals surface area (Å²) in [6.45, 7) is 2.02. The van der Waals surface area contributed by atoms with E-state index < -0.39 is 0 Å². The molecule has 1 aromatic rings. The van der Waals surface area contributed by atoms with E-state index in [9.17, 15) is 0 Å². The van der Waals surface area contributed by atoms with E-state index in [0.717, 1.165) is 24.2 Å². The van der Waals surface area contributed by atoms with Gasteiger partial charge in [-0.15, -0.1) is 0 Å². The molecule has 2 heteroatoms. The molecule has 0 saturated heterocycles. The molecule has 1 saturated carbocycles. The molecule has 1 fully saturated rings. The number of nitrogens with zero attached hydrogens (tertiary/aromatic N) is 1. The Morgan fingerprint density at radius 3 is 2.73 bits per heavy atom. The molecule has 0 atom stereocenters. The van der Waals surface area contributed by atoms with Crippen LogP contribution >= 0.6 is 0 Å². The predicted octanol–water partition coefficient (Wildman–Crippen LogP) is 3.19. The van der Waals surface area contributed by atoms with E-state index in [1.807, 2.05) is 25.1 Å². The van der Waals surface area contributed by atoms with E-state index in [1.54, 1.807) is 0 Å². The quantitative estimate of drug-likeness (QED) is 0.736. The monoisotopic (exact) mass is 201 g/mol. The van der Waals surface area contributed by atoms with Crippen LogP contribution in [0.5, 0.6) is 5.75 Å². The molecule has 15 heavy (non-hydrogen) atoms. The normalized spacial score (nSPS) is 16.3. The van der Waals surface area contributed by atoms with Gasteiger partial charge in [0.1, 0.15) is 5.75 Å². The summed E-state index contributed by atoms with van der Waals surface area (Å²) in [6.07, 6.45) is 5.19. The van der Waals surface area contributed by atoms with Crippen LogP contribution in [0.4, 0.5) is 0 Å². The third-order valence-corrected chi connectivity index (χ3v) is 2.91. The zero-order chi connectivity index (χ0) is 10.7. The van der Waals surface area contributed by atoms with Crippen molar-refractivity contribution >= 4 is 0 Å². The number of benzene rings is 1. The van der Waals surface area contributed by atoms with Crippen molar-refractivity contribution in [3.05, 3.63) is 29.3 Å². The zero-order valence-electron chi connectivity index (χ0n) is 8.99. The van der Waals surface area contributed by atoms with Crippen molar-refractivity contribution in [2.24, 2.45) is 0 Å². The lowest BCUT2D eigenvalue weighted by Crippen LogP contribution is -2.11. The first-order valence-electron chi connectivity index (χ1n) is 5.47. The minimum atomic E-state index is 0.359. The first kappa shape index (κ1) is 10.0. The highest BCUT2D eigenvalue weighted by atomic mass is 16.5. The molecular weight excluding hydrogens is 186 g/mol. The highest BCUT2D eigenvalue weighted by Gasteiger charge is 2.17. The molecular formula is C13H15NO. The van der Waals surface area contributed by atoms with E-state index >= 15 is 0 Å². The average molecular weight is 201 g/mol. The van der Waals surface area contributed by atoms with Crippen molar-refractivity contribution in [3.63, 3.8) is 0 Å². The van der Waals surface area contributed by atoms with E-state index in [0.29, 0.717) is 11.7 Å². The topological polar surface area (TPSA) is 33.0 Å². The van der Waals surface area contributed by atoms with Crippen molar-refractivity contribution in [3.8, 4) is 11.8 Å². The van der Waals surface area contributed by atoms with Gasteiger partial charge in [-0.25, -0.2) is 0 Å². The van der Waals surface area contributed by atoms with Crippen LogP contribution in [0.25, 0.3) is 0 Å². The van der Waals surface area contributed by atoms with Crippen molar-refractivity contribution in [2.45, 2.75) is 38.7 Å². The van der Waals surface area contributed by atoms with Crippen LogP contribution < -0.4 is 4.74 Å². The Morgan fingerprint density at radius 1 is 1.33 bits per heavy atom. The van der Waals surface area contributed by atoms with Gasteiger partial charge in [-0.2, -0.15) is 5.26 Å². The van der Waals surface area contributed by atoms with E-state index in [2.05, 4.69) is 6.07 Å². The second-order valence-electron chi connectivity index (χ2n) is 4.12. The van der Waals surface area contributed by atoms with Crippen LogP contribution in [0.1, 0.15) is 36.8 Å². The van der Waals surface area contributed by atoms with Gasteiger partial charge in [-0.1, -0.05) is 6.07 Å². The zero-order valence-corrected chi connectivity index (χ0v) is 8.99. The average Bonchev–Trinajstić information content (AvgIpc) is 2.74. The third kappa shape index (κ3) is 2.30. The number of rotatable bonds is 2. The summed E-state index contributed by atoms with van der Waals surface area (Å²) in [7, 11) is 0. The summed E-state index contributed by atoms with van der Waals surface area (Å²) in [5, 5.41) is 8.81. The van der Waals surface area contributed by atoms with Crippen molar-refractivity contribution in [1.82, 2.24) is 0 Å². The SMILES string of the molecule is Cc1ccc(C#N)cc1OC1CCCC1. The number of aryl methyl sites for hydroxylation is 1. The Bertz CT molecular complexity index is 386. The van der Waals surface area contributed by atoms with E-state index in [-0.39, 0.29) is 0 Å². The Hall–Kier alpha value is -1.49. The van der Waals surface area contributed by atoms with Crippen LogP contribution in [0.15, 0.2) is 18.2 Å². The Balaban J connectivity index is 2.15. The van der Waals surface area contributed by atoms with Gasteiger partial charge in [0.15, 0.2) is 0 Å². The van der Waals surface area contributed by atoms with Crippen LogP contribution in [-0.4, -0.2) is 6.10 Å². The summed E-state index contributed by atoms with van der Waals surface area (Å²) >= 11 is 0. The third-order valence-electron chi connectivity index (χ3n) is 2.91. The Labute approximate surface area is 90.5 Å². The van der Waals surface area contributed by atoms with Gasteiger partial charge in [-0.05, 0) is 50.3 Å². The summed E-state index contributed by atoms with van der Waals surface area (Å²) in [4.78, 5) is 0. The maximum Gasteiger partial charge on any atom is 0.123 e. The van der Waals surface area contributed by atoms with E-state index in [4.69, 9.17) is 10.00 Å². The molecule has 0 heterocycles. The molecule has 0 spiro atoms. The molecule has 1 aliphatic rings. The second kappa shape index (κ2) is 4.35. The Kier molecular flexibility index (Phi) is 2.91. The van der Waals surface area contributed by atoms with Gasteiger partial charge in [0.2, 0.25) is 0 Å². The van der Waals surface area contributed by atoms with Crippen LogP contribution in [-0.2, 0) is 0 Å². The smallest absolute Gasteiger partial charge is 0.123 e. The molecule has 1 aromatic carbocycles. The van der Waals surface area contributed by atoms with E-state index in [1.165, 1.54) is 12.8 Å². The van der Waals surface area contributed by atoms with Crippen LogP contribution in [0.2, 0.25) is 0 Å². The largest absolute Gasteiger partial charge is 0.490 e. The first-order chi connectivity index (χ1) is 7.29. The fourth-order valence-electron chi connectivity index (χ4n) is 1.98. The standard InChI is InChI=1S/C13H15NO/c1-10-6-7-11(9-14)8-13(10)15-12-4-2-3-5-12/h6-8,12H,2-5H2,1H3. The number of ether oxygens (including phenoxy) is 1. The molecule has 1 aliphatic carbocycles. The lowest BCUT2D eigenvalue weighted by Gasteiger charge is -2.15. The summed E-state index contributed by atoms with van der Waals surface area (Å²) in [5.41, 5.74) is 1.79. The maximum absolute atomic E-state index is 8.81. The molecule has 0 N–H and O–H groups in total. The number of nitriles is 1. The van der Waals surface area contributed by atoms with Gasteiger partial charge in [-0.3, -0.25) is 0 Å². The van der Waals surface area contributed by atoms with Gasteiger partial charge in [0, 0.05) is 0 Å². The molecule has 0 bridgehead atoms. The van der Waals surface area contributed by atoms with Crippen molar-refractivity contribution in [2.75, 3.05) is 0 Å². The minimum Gasteiger partial charge on any atom is -0.490 e. The molecule has 78 valence electrons. The summed E-state index contributed by atoms with van der Waals surface area (Å²) < 4.78 is 5.90. The fourth-order valence-corrected chi connectivity index (χ4v) is 1.98. The van der Waals surface area contributed by atoms with Crippen molar-refractivity contribution < 1.29 is 4.74 Å². The van der Waals surface area contributed by atoms with Gasteiger partial charge >= 0.3 is 0 Å². The van der Waals surface area contributed by atoms with Gasteiger partial charge in [0.05, 0.1) is 17.7 Å². The summed E-state index contributed by atoms with van der Waals surface area (Å²) in [6, 6.07) is 7.76. The fraction of sp³-hybridized carbons (Fsp3) is 0.462. The molecule has 0 unspecified atom stereocenters. The molecule has 0 radical (unpaired) electrons. The molecule has 0 aromatic heterocycles. The number of hydrogen-bond acceptors (Lipinski definition) is 2. The van der Waals surface area contributed by atoms with Gasteiger partial charge < -0.3 is 4.74 Å². The highest BCUT2D eigenvalue weighted by Crippen LogP contribution is 2.26. The first-order valence-corrected chi connectivity index (χ1v) is 5.47. The molecule has 2 nitrogen and oxygen atoms in total. The van der Waals surface area contributed by atoms with Gasteiger partial charge in [0.25, 0.3) is 0 Å². The highest BCUT2D eigenvalue weighted by molar-refractivity contribution is 5.41. The molecule has 0 aliphatic heterocycles. The predicted molar refractivity (Wildman–Crippen MR) is 58.8 cm³/mol. The lowest BCUT2D eigenvalue weighted by atomic mass is 10.1. The van der Waals surface area contributed by atoms with Crippen LogP contribution in [0.3, 0.4) is 0 Å². The van der Waals surface area contributed by atoms with Crippen LogP contribution in [0, 0.1) is 18.3 Å².